The van der Waals surface area contributed by atoms with Crippen molar-refractivity contribution in [2.24, 2.45) is 0 Å². The molecule has 1 N–H and O–H groups in total. The highest BCUT2D eigenvalue weighted by molar-refractivity contribution is 9.10. The molecule has 2 aromatic carbocycles. The number of methoxy groups -OCH3 is 1. The maximum absolute atomic E-state index is 11.4. The Kier molecular flexibility index (Phi) is 4.62. The highest BCUT2D eigenvalue weighted by atomic mass is 79.9. The van der Waals surface area contributed by atoms with E-state index >= 15 is 0 Å². The van der Waals surface area contributed by atoms with Gasteiger partial charge in [-0.15, -0.1) is 0 Å². The number of hydrogen-bond acceptors (Lipinski definition) is 3. The van der Waals surface area contributed by atoms with Gasteiger partial charge in [0.25, 0.3) is 0 Å². The Bertz CT molecular complexity index is 874. The number of hydrogen-bond donors (Lipinski definition) is 1. The molecule has 0 aliphatic heterocycles. The average molecular weight is 384 g/mol. The van der Waals surface area contributed by atoms with E-state index < -0.39 is 5.97 Å². The van der Waals surface area contributed by atoms with Crippen LogP contribution in [0.5, 0.6) is 5.75 Å². The first kappa shape index (κ1) is 16.2. The molecule has 3 aromatic rings. The summed E-state index contributed by atoms with van der Waals surface area (Å²) in [6.45, 7) is 0. The molecule has 0 saturated carbocycles. The Balaban J connectivity index is 2.11. The van der Waals surface area contributed by atoms with Crippen LogP contribution in [-0.4, -0.2) is 23.2 Å². The number of carboxylic acid groups (broad SMARTS) is 1. The van der Waals surface area contributed by atoms with Gasteiger partial charge in [-0.3, -0.25) is 0 Å². The Morgan fingerprint density at radius 3 is 2.17 bits per heavy atom. The predicted molar refractivity (Wildman–Crippen MR) is 96.3 cm³/mol. The van der Waals surface area contributed by atoms with E-state index in [1.807, 2.05) is 54.6 Å². The second-order valence-electron chi connectivity index (χ2n) is 5.17. The molecule has 0 aliphatic carbocycles. The molecule has 0 unspecified atom stereocenters. The van der Waals surface area contributed by atoms with Crippen molar-refractivity contribution in [3.63, 3.8) is 0 Å². The smallest absolute Gasteiger partial charge is 0.354 e. The van der Waals surface area contributed by atoms with Gasteiger partial charge < -0.3 is 9.84 Å². The van der Waals surface area contributed by atoms with Crippen LogP contribution >= 0.6 is 15.9 Å². The second kappa shape index (κ2) is 6.84. The first-order valence-corrected chi connectivity index (χ1v) is 8.02. The molecule has 3 rings (SSSR count). The number of carboxylic acids is 1. The minimum Gasteiger partial charge on any atom is -0.497 e. The molecule has 0 radical (unpaired) electrons. The fourth-order valence-corrected chi connectivity index (χ4v) is 2.62. The third-order valence-electron chi connectivity index (χ3n) is 3.61. The van der Waals surface area contributed by atoms with Gasteiger partial charge in [-0.05, 0) is 59.7 Å². The van der Waals surface area contributed by atoms with Gasteiger partial charge in [0, 0.05) is 10.0 Å². The summed E-state index contributed by atoms with van der Waals surface area (Å²) in [6, 6.07) is 18.5. The van der Waals surface area contributed by atoms with Crippen molar-refractivity contribution in [2.45, 2.75) is 0 Å². The highest BCUT2D eigenvalue weighted by Gasteiger charge is 2.12. The molecule has 5 heteroatoms. The lowest BCUT2D eigenvalue weighted by molar-refractivity contribution is 0.0690. The van der Waals surface area contributed by atoms with Crippen LogP contribution in [0.25, 0.3) is 22.4 Å². The Morgan fingerprint density at radius 2 is 1.58 bits per heavy atom. The molecule has 0 atom stereocenters. The molecule has 1 aromatic heterocycles. The summed E-state index contributed by atoms with van der Waals surface area (Å²) in [4.78, 5) is 15.7. The van der Waals surface area contributed by atoms with Gasteiger partial charge in [-0.25, -0.2) is 9.78 Å². The van der Waals surface area contributed by atoms with E-state index in [2.05, 4.69) is 20.9 Å². The van der Waals surface area contributed by atoms with Crippen molar-refractivity contribution < 1.29 is 14.6 Å². The molecule has 0 aliphatic rings. The first-order chi connectivity index (χ1) is 11.6. The van der Waals surface area contributed by atoms with E-state index in [1.54, 1.807) is 13.2 Å². The van der Waals surface area contributed by atoms with Gasteiger partial charge in [-0.2, -0.15) is 0 Å². The number of aromatic nitrogens is 1. The molecule has 24 heavy (non-hydrogen) atoms. The van der Waals surface area contributed by atoms with Gasteiger partial charge in [0.2, 0.25) is 0 Å². The fourth-order valence-electron chi connectivity index (χ4n) is 2.36. The van der Waals surface area contributed by atoms with E-state index in [0.717, 1.165) is 26.9 Å². The highest BCUT2D eigenvalue weighted by Crippen LogP contribution is 2.28. The molecule has 0 amide bonds. The third-order valence-corrected chi connectivity index (χ3v) is 4.14. The van der Waals surface area contributed by atoms with Gasteiger partial charge in [0.1, 0.15) is 11.4 Å². The van der Waals surface area contributed by atoms with Crippen LogP contribution in [0, 0.1) is 0 Å². The number of aromatic carboxylic acids is 1. The van der Waals surface area contributed by atoms with Crippen molar-refractivity contribution in [1.82, 2.24) is 4.98 Å². The first-order valence-electron chi connectivity index (χ1n) is 7.22. The lowest BCUT2D eigenvalue weighted by Crippen LogP contribution is -2.02. The summed E-state index contributed by atoms with van der Waals surface area (Å²) in [5.74, 6) is -0.315. The maximum Gasteiger partial charge on any atom is 0.354 e. The monoisotopic (exact) mass is 383 g/mol. The molecule has 0 spiro atoms. The summed E-state index contributed by atoms with van der Waals surface area (Å²) < 4.78 is 6.12. The van der Waals surface area contributed by atoms with Crippen LogP contribution in [0.15, 0.2) is 65.1 Å². The topological polar surface area (TPSA) is 59.4 Å². The van der Waals surface area contributed by atoms with Crippen molar-refractivity contribution in [3.05, 3.63) is 70.8 Å². The van der Waals surface area contributed by atoms with Gasteiger partial charge in [-0.1, -0.05) is 28.1 Å². The van der Waals surface area contributed by atoms with Crippen LogP contribution < -0.4 is 4.74 Å². The van der Waals surface area contributed by atoms with Crippen LogP contribution in [0.1, 0.15) is 10.5 Å². The van der Waals surface area contributed by atoms with E-state index in [9.17, 15) is 9.90 Å². The quantitative estimate of drug-likeness (QED) is 0.696. The van der Waals surface area contributed by atoms with E-state index in [4.69, 9.17) is 4.74 Å². The van der Waals surface area contributed by atoms with Gasteiger partial charge in [0.05, 0.1) is 12.8 Å². The molecular formula is C19H14BrNO3. The minimum atomic E-state index is -1.05. The third kappa shape index (κ3) is 3.46. The average Bonchev–Trinajstić information content (AvgIpc) is 2.62. The number of benzene rings is 2. The largest absolute Gasteiger partial charge is 0.497 e. The van der Waals surface area contributed by atoms with Crippen LogP contribution in [0.4, 0.5) is 0 Å². The zero-order valence-corrected chi connectivity index (χ0v) is 14.4. The number of halogens is 1. The number of nitrogens with zero attached hydrogens (tertiary/aromatic N) is 1. The SMILES string of the molecule is COc1ccc(-c2cc(-c3ccc(Br)cc3)cc(C(=O)O)n2)cc1. The number of carbonyl (C=O) groups is 1. The van der Waals surface area contributed by atoms with Crippen LogP contribution in [0.3, 0.4) is 0 Å². The van der Waals surface area contributed by atoms with E-state index in [1.165, 1.54) is 0 Å². The van der Waals surface area contributed by atoms with Gasteiger partial charge >= 0.3 is 5.97 Å². The Hall–Kier alpha value is -2.66. The van der Waals surface area contributed by atoms with E-state index in [0.29, 0.717) is 5.69 Å². The normalized spacial score (nSPS) is 10.4. The zero-order valence-electron chi connectivity index (χ0n) is 12.9. The lowest BCUT2D eigenvalue weighted by atomic mass is 10.0. The summed E-state index contributed by atoms with van der Waals surface area (Å²) in [5, 5.41) is 9.36. The molecule has 0 fully saturated rings. The Labute approximate surface area is 147 Å². The second-order valence-corrected chi connectivity index (χ2v) is 6.08. The van der Waals surface area contributed by atoms with Crippen LogP contribution in [-0.2, 0) is 0 Å². The molecule has 120 valence electrons. The molecule has 0 saturated heterocycles. The summed E-state index contributed by atoms with van der Waals surface area (Å²) >= 11 is 3.40. The lowest BCUT2D eigenvalue weighted by Gasteiger charge is -2.08. The molecular weight excluding hydrogens is 370 g/mol. The number of ether oxygens (including phenoxy) is 1. The molecule has 1 heterocycles. The fraction of sp³-hybridized carbons (Fsp3) is 0.0526. The summed E-state index contributed by atoms with van der Waals surface area (Å²) in [7, 11) is 1.60. The number of pyridine rings is 1. The van der Waals surface area contributed by atoms with Crippen molar-refractivity contribution in [2.75, 3.05) is 7.11 Å². The van der Waals surface area contributed by atoms with Crippen molar-refractivity contribution >= 4 is 21.9 Å². The zero-order chi connectivity index (χ0) is 17.1. The summed E-state index contributed by atoms with van der Waals surface area (Å²) in [5.41, 5.74) is 3.19. The van der Waals surface area contributed by atoms with E-state index in [-0.39, 0.29) is 5.69 Å². The Morgan fingerprint density at radius 1 is 0.958 bits per heavy atom. The molecule has 4 nitrogen and oxygen atoms in total. The van der Waals surface area contributed by atoms with Crippen LogP contribution in [0.2, 0.25) is 0 Å². The van der Waals surface area contributed by atoms with Crippen molar-refractivity contribution in [1.29, 1.82) is 0 Å². The number of rotatable bonds is 4. The standard InChI is InChI=1S/C19H14BrNO3/c1-24-16-8-4-13(5-9-16)17-10-14(11-18(21-17)19(22)23)12-2-6-15(20)7-3-12/h2-11H,1H3,(H,22,23). The minimum absolute atomic E-state index is 0.0150. The molecule has 0 bridgehead atoms. The summed E-state index contributed by atoms with van der Waals surface area (Å²) in [6.07, 6.45) is 0. The van der Waals surface area contributed by atoms with Gasteiger partial charge in [0.15, 0.2) is 0 Å². The predicted octanol–water partition coefficient (Wildman–Crippen LogP) is 4.88. The maximum atomic E-state index is 11.4. The van der Waals surface area contributed by atoms with Crippen molar-refractivity contribution in [3.8, 4) is 28.1 Å².